The van der Waals surface area contributed by atoms with Crippen LogP contribution in [0.3, 0.4) is 0 Å². The summed E-state index contributed by atoms with van der Waals surface area (Å²) in [6, 6.07) is 8.10. The average molecular weight is 186 g/mol. The molecule has 1 atom stereocenters. The van der Waals surface area contributed by atoms with Gasteiger partial charge >= 0.3 is 0 Å². The first-order valence-electron chi connectivity index (χ1n) is 4.61. The molecule has 0 aliphatic heterocycles. The highest BCUT2D eigenvalue weighted by atomic mass is 16.3. The molecule has 0 aliphatic carbocycles. The lowest BCUT2D eigenvalue weighted by Crippen LogP contribution is -1.91. The van der Waals surface area contributed by atoms with Gasteiger partial charge in [0.1, 0.15) is 6.10 Å². The van der Waals surface area contributed by atoms with Crippen molar-refractivity contribution >= 4 is 6.08 Å². The number of aliphatic hydroxyl groups excluding tert-OH is 1. The van der Waals surface area contributed by atoms with Gasteiger partial charge in [-0.2, -0.15) is 0 Å². The van der Waals surface area contributed by atoms with Crippen LogP contribution in [0, 0.1) is 18.8 Å². The number of hydrogen-bond donors (Lipinski definition) is 1. The Hall–Kier alpha value is -1.52. The molecule has 1 N–H and O–H groups in total. The van der Waals surface area contributed by atoms with Crippen molar-refractivity contribution in [3.05, 3.63) is 41.5 Å². The van der Waals surface area contributed by atoms with Gasteiger partial charge in [-0.3, -0.25) is 0 Å². The fourth-order valence-corrected chi connectivity index (χ4v) is 1.07. The molecule has 1 heteroatoms. The molecule has 14 heavy (non-hydrogen) atoms. The molecule has 1 rings (SSSR count). The zero-order chi connectivity index (χ0) is 10.4. The summed E-state index contributed by atoms with van der Waals surface area (Å²) in [6.07, 6.45) is 3.15. The molecule has 0 aromatic heterocycles. The molecule has 0 fully saturated rings. The predicted molar refractivity (Wildman–Crippen MR) is 59.7 cm³/mol. The first-order valence-corrected chi connectivity index (χ1v) is 4.61. The van der Waals surface area contributed by atoms with Gasteiger partial charge in [0.25, 0.3) is 0 Å². The Labute approximate surface area is 85.1 Å². The molecule has 1 unspecified atom stereocenters. The van der Waals surface area contributed by atoms with E-state index in [0.717, 1.165) is 5.56 Å². The summed E-state index contributed by atoms with van der Waals surface area (Å²) < 4.78 is 0. The van der Waals surface area contributed by atoms with Crippen molar-refractivity contribution in [1.82, 2.24) is 0 Å². The first-order chi connectivity index (χ1) is 6.70. The van der Waals surface area contributed by atoms with Crippen LogP contribution in [0.5, 0.6) is 0 Å². The van der Waals surface area contributed by atoms with Gasteiger partial charge in [-0.1, -0.05) is 36.1 Å². The fourth-order valence-electron chi connectivity index (χ4n) is 1.07. The van der Waals surface area contributed by atoms with Gasteiger partial charge in [0.05, 0.1) is 0 Å². The molecule has 1 aromatic carbocycles. The minimum absolute atomic E-state index is 0.559. The molecule has 0 amide bonds. The number of benzene rings is 1. The maximum Gasteiger partial charge on any atom is 0.112 e. The smallest absolute Gasteiger partial charge is 0.112 e. The maximum absolute atomic E-state index is 8.90. The van der Waals surface area contributed by atoms with Crippen LogP contribution in [0.1, 0.15) is 18.1 Å². The summed E-state index contributed by atoms with van der Waals surface area (Å²) >= 11 is 0. The number of aryl methyl sites for hydroxylation is 1. The fraction of sp³-hybridized carbons (Fsp3) is 0.231. The Morgan fingerprint density at radius 1 is 1.36 bits per heavy atom. The lowest BCUT2D eigenvalue weighted by Gasteiger charge is -1.96. The van der Waals surface area contributed by atoms with E-state index in [2.05, 4.69) is 24.8 Å². The number of aliphatic hydroxyl groups is 1. The van der Waals surface area contributed by atoms with Crippen LogP contribution < -0.4 is 0 Å². The Balaban J connectivity index is 2.71. The largest absolute Gasteiger partial charge is 0.381 e. The highest BCUT2D eigenvalue weighted by molar-refractivity contribution is 5.56. The zero-order valence-electron chi connectivity index (χ0n) is 8.49. The molecule has 0 heterocycles. The minimum atomic E-state index is -0.559. The number of hydrogen-bond acceptors (Lipinski definition) is 1. The van der Waals surface area contributed by atoms with E-state index < -0.39 is 6.10 Å². The second-order valence-electron chi connectivity index (χ2n) is 3.15. The first kappa shape index (κ1) is 10.6. The van der Waals surface area contributed by atoms with Gasteiger partial charge < -0.3 is 5.11 Å². The van der Waals surface area contributed by atoms with Crippen LogP contribution in [-0.2, 0) is 0 Å². The van der Waals surface area contributed by atoms with E-state index in [-0.39, 0.29) is 0 Å². The third kappa shape index (κ3) is 3.47. The molecule has 0 bridgehead atoms. The van der Waals surface area contributed by atoms with E-state index in [4.69, 9.17) is 5.11 Å². The summed E-state index contributed by atoms with van der Waals surface area (Å²) in [5.41, 5.74) is 2.38. The summed E-state index contributed by atoms with van der Waals surface area (Å²) in [7, 11) is 0. The molecule has 0 aliphatic rings. The molecule has 0 spiro atoms. The molecule has 1 nitrogen and oxygen atoms in total. The quantitative estimate of drug-likeness (QED) is 0.668. The van der Waals surface area contributed by atoms with Crippen molar-refractivity contribution in [2.24, 2.45) is 0 Å². The Bertz CT molecular complexity index is 378. The third-order valence-electron chi connectivity index (χ3n) is 1.83. The van der Waals surface area contributed by atoms with Gasteiger partial charge in [-0.05, 0) is 37.1 Å². The molecule has 0 saturated carbocycles. The highest BCUT2D eigenvalue weighted by Gasteiger charge is 1.88. The van der Waals surface area contributed by atoms with Crippen LogP contribution in [0.25, 0.3) is 6.08 Å². The molecular formula is C13H14O. The topological polar surface area (TPSA) is 20.2 Å². The summed E-state index contributed by atoms with van der Waals surface area (Å²) in [4.78, 5) is 0. The lowest BCUT2D eigenvalue weighted by atomic mass is 10.1. The van der Waals surface area contributed by atoms with E-state index in [1.165, 1.54) is 5.56 Å². The zero-order valence-corrected chi connectivity index (χ0v) is 8.49. The molecule has 0 radical (unpaired) electrons. The van der Waals surface area contributed by atoms with E-state index in [9.17, 15) is 0 Å². The van der Waals surface area contributed by atoms with Crippen LogP contribution in [0.15, 0.2) is 30.3 Å². The van der Waals surface area contributed by atoms with Crippen molar-refractivity contribution in [2.45, 2.75) is 20.0 Å². The van der Waals surface area contributed by atoms with Crippen LogP contribution >= 0.6 is 0 Å². The monoisotopic (exact) mass is 186 g/mol. The van der Waals surface area contributed by atoms with Crippen molar-refractivity contribution in [3.63, 3.8) is 0 Å². The van der Waals surface area contributed by atoms with Crippen molar-refractivity contribution in [3.8, 4) is 11.8 Å². The van der Waals surface area contributed by atoms with Crippen LogP contribution in [-0.4, -0.2) is 11.2 Å². The van der Waals surface area contributed by atoms with Gasteiger partial charge in [0.2, 0.25) is 0 Å². The van der Waals surface area contributed by atoms with Crippen LogP contribution in [0.2, 0.25) is 0 Å². The minimum Gasteiger partial charge on any atom is -0.381 e. The molecule has 72 valence electrons. The second-order valence-corrected chi connectivity index (χ2v) is 3.15. The van der Waals surface area contributed by atoms with Crippen molar-refractivity contribution in [1.29, 1.82) is 0 Å². The van der Waals surface area contributed by atoms with E-state index in [1.54, 1.807) is 13.0 Å². The Kier molecular flexibility index (Phi) is 3.97. The Morgan fingerprint density at radius 3 is 2.71 bits per heavy atom. The van der Waals surface area contributed by atoms with Gasteiger partial charge in [0.15, 0.2) is 0 Å². The normalized spacial score (nSPS) is 12.2. The number of allylic oxidation sites excluding steroid dienone is 1. The van der Waals surface area contributed by atoms with E-state index in [1.807, 2.05) is 24.3 Å². The van der Waals surface area contributed by atoms with Gasteiger partial charge in [-0.25, -0.2) is 0 Å². The lowest BCUT2D eigenvalue weighted by molar-refractivity contribution is 0.253. The van der Waals surface area contributed by atoms with E-state index in [0.29, 0.717) is 0 Å². The van der Waals surface area contributed by atoms with Gasteiger partial charge in [-0.15, -0.1) is 0 Å². The summed E-state index contributed by atoms with van der Waals surface area (Å²) in [5, 5.41) is 8.90. The summed E-state index contributed by atoms with van der Waals surface area (Å²) in [6.45, 7) is 3.70. The summed E-state index contributed by atoms with van der Waals surface area (Å²) in [5.74, 6) is 5.43. The Morgan fingerprint density at radius 2 is 2.07 bits per heavy atom. The van der Waals surface area contributed by atoms with Gasteiger partial charge in [0, 0.05) is 0 Å². The molecule has 0 saturated heterocycles. The third-order valence-corrected chi connectivity index (χ3v) is 1.83. The second kappa shape index (κ2) is 5.26. The average Bonchev–Trinajstić information content (AvgIpc) is 2.15. The maximum atomic E-state index is 8.90. The standard InChI is InChI=1S/C13H14O/c1-11-7-3-5-9-13(11)10-6-4-8-12(2)14/h3,5-7,9-10,12,14H,1-2H3. The van der Waals surface area contributed by atoms with Crippen molar-refractivity contribution < 1.29 is 5.11 Å². The van der Waals surface area contributed by atoms with Crippen LogP contribution in [0.4, 0.5) is 0 Å². The molecule has 1 aromatic rings. The number of rotatable bonds is 1. The molecular weight excluding hydrogens is 172 g/mol. The predicted octanol–water partition coefficient (Wildman–Crippen LogP) is 2.39. The SMILES string of the molecule is Cc1ccccc1C=CC#CC(C)O. The highest BCUT2D eigenvalue weighted by Crippen LogP contribution is 2.08. The van der Waals surface area contributed by atoms with Crippen molar-refractivity contribution in [2.75, 3.05) is 0 Å². The van der Waals surface area contributed by atoms with E-state index >= 15 is 0 Å².